The van der Waals surface area contributed by atoms with E-state index in [2.05, 4.69) is 35.6 Å². The molecular formula is C40H32Cl2N8O5. The lowest BCUT2D eigenvalue weighted by Gasteiger charge is -2.20. The molecule has 13 nitrogen and oxygen atoms in total. The lowest BCUT2D eigenvalue weighted by molar-refractivity contribution is -0.128. The van der Waals surface area contributed by atoms with Gasteiger partial charge in [0.1, 0.15) is 0 Å². The quantitative estimate of drug-likeness (QED) is 0.0817. The number of nitriles is 1. The second-order valence-corrected chi connectivity index (χ2v) is 12.9. The van der Waals surface area contributed by atoms with Gasteiger partial charge in [0, 0.05) is 21.2 Å². The molecule has 0 saturated heterocycles. The van der Waals surface area contributed by atoms with Crippen molar-refractivity contribution in [1.82, 2.24) is 21.0 Å². The molecule has 2 amide bonds. The van der Waals surface area contributed by atoms with E-state index >= 15 is 0 Å². The van der Waals surface area contributed by atoms with E-state index in [1.807, 2.05) is 6.07 Å². The molecule has 5 aromatic rings. The normalized spacial score (nSPS) is 12.5. The first-order valence-corrected chi connectivity index (χ1v) is 17.2. The van der Waals surface area contributed by atoms with Crippen LogP contribution < -0.4 is 10.9 Å². The van der Waals surface area contributed by atoms with Crippen LogP contribution in [0.1, 0.15) is 52.7 Å². The number of halogens is 2. The van der Waals surface area contributed by atoms with Gasteiger partial charge in [-0.2, -0.15) is 5.26 Å². The van der Waals surface area contributed by atoms with Gasteiger partial charge in [-0.3, -0.25) is 20.4 Å². The van der Waals surface area contributed by atoms with Gasteiger partial charge in [-0.25, -0.2) is 14.5 Å². The summed E-state index contributed by atoms with van der Waals surface area (Å²) in [5.41, 5.74) is 8.74. The van der Waals surface area contributed by atoms with E-state index in [0.29, 0.717) is 57.0 Å². The zero-order chi connectivity index (χ0) is 40.1. The highest BCUT2D eigenvalue weighted by Crippen LogP contribution is 2.31. The zero-order valence-corrected chi connectivity index (χ0v) is 30.9. The number of nitrogens with one attached hydrogen (secondary N) is 2. The van der Waals surface area contributed by atoms with Gasteiger partial charge in [0.25, 0.3) is 5.91 Å². The molecule has 5 rings (SSSR count). The average Bonchev–Trinajstić information content (AvgIpc) is 3.68. The van der Waals surface area contributed by atoms with E-state index in [9.17, 15) is 19.8 Å². The predicted molar refractivity (Wildman–Crippen MR) is 205 cm³/mol. The van der Waals surface area contributed by atoms with Gasteiger partial charge in [0.2, 0.25) is 29.1 Å². The Bertz CT molecular complexity index is 2320. The molecule has 276 valence electrons. The van der Waals surface area contributed by atoms with Gasteiger partial charge in [0.15, 0.2) is 5.69 Å². The third-order valence-electron chi connectivity index (χ3n) is 8.25. The summed E-state index contributed by atoms with van der Waals surface area (Å²) < 4.78 is 5.77. The van der Waals surface area contributed by atoms with Crippen molar-refractivity contribution < 1.29 is 24.2 Å². The Hall–Kier alpha value is -6.58. The molecule has 1 heterocycles. The molecule has 0 fully saturated rings. The Labute approximate surface area is 327 Å². The van der Waals surface area contributed by atoms with Crippen molar-refractivity contribution >= 4 is 52.1 Å². The van der Waals surface area contributed by atoms with Crippen LogP contribution in [0.2, 0.25) is 10.0 Å². The highest BCUT2D eigenvalue weighted by atomic mass is 35.5. The van der Waals surface area contributed by atoms with Crippen molar-refractivity contribution in [3.8, 4) is 17.5 Å². The van der Waals surface area contributed by atoms with Crippen molar-refractivity contribution in [2.24, 2.45) is 5.92 Å². The summed E-state index contributed by atoms with van der Waals surface area (Å²) in [6.07, 6.45) is -1.09. The fourth-order valence-electron chi connectivity index (χ4n) is 5.15. The summed E-state index contributed by atoms with van der Waals surface area (Å²) in [7, 11) is 0. The molecule has 0 aliphatic carbocycles. The van der Waals surface area contributed by atoms with E-state index in [1.54, 1.807) is 67.6 Å². The minimum absolute atomic E-state index is 0.175. The number of aliphatic hydroxyl groups is 2. The Morgan fingerprint density at radius 2 is 1.38 bits per heavy atom. The molecule has 4 N–H and O–H groups in total. The minimum atomic E-state index is -0.980. The largest absolute Gasteiger partial charge is 0.420 e. The summed E-state index contributed by atoms with van der Waals surface area (Å²) in [6.45, 7) is 24.2. The number of benzene rings is 4. The van der Waals surface area contributed by atoms with Gasteiger partial charge in [-0.05, 0) is 62.1 Å². The molecule has 15 heteroatoms. The van der Waals surface area contributed by atoms with Crippen LogP contribution in [0.25, 0.3) is 26.0 Å². The Morgan fingerprint density at radius 1 is 0.800 bits per heavy atom. The third kappa shape index (κ3) is 11.2. The van der Waals surface area contributed by atoms with E-state index in [4.69, 9.17) is 52.6 Å². The highest BCUT2D eigenvalue weighted by Gasteiger charge is 2.26. The van der Waals surface area contributed by atoms with E-state index < -0.39 is 35.9 Å². The first-order chi connectivity index (χ1) is 26.4. The van der Waals surface area contributed by atoms with Crippen LogP contribution >= 0.6 is 23.2 Å². The summed E-state index contributed by atoms with van der Waals surface area (Å²) in [5.74, 6) is -1.72. The Kier molecular flexibility index (Phi) is 14.6. The fourth-order valence-corrected chi connectivity index (χ4v) is 5.64. The average molecular weight is 776 g/mol. The monoisotopic (exact) mass is 774 g/mol. The summed E-state index contributed by atoms with van der Waals surface area (Å²) in [5, 5.41) is 37.7. The van der Waals surface area contributed by atoms with Crippen molar-refractivity contribution in [2.45, 2.75) is 44.8 Å². The summed E-state index contributed by atoms with van der Waals surface area (Å²) in [4.78, 5) is 34.5. The zero-order valence-electron chi connectivity index (χ0n) is 29.4. The molecule has 4 aromatic carbocycles. The molecular weight excluding hydrogens is 743 g/mol. The topological polar surface area (TPSA) is 174 Å². The number of carbonyl (C=O) groups excluding carboxylic acids is 2. The molecule has 55 heavy (non-hydrogen) atoms. The third-order valence-corrected chi connectivity index (χ3v) is 8.86. The number of aromatic nitrogens is 2. The maximum Gasteiger partial charge on any atom is 0.269 e. The molecule has 0 bridgehead atoms. The maximum absolute atomic E-state index is 12.4. The second-order valence-electron chi connectivity index (χ2n) is 12.1. The van der Waals surface area contributed by atoms with Crippen molar-refractivity contribution in [2.75, 3.05) is 0 Å². The summed E-state index contributed by atoms with van der Waals surface area (Å²) >= 11 is 12.1. The van der Waals surface area contributed by atoms with Crippen LogP contribution in [0.5, 0.6) is 0 Å². The van der Waals surface area contributed by atoms with E-state index in [1.165, 1.54) is 31.2 Å². The van der Waals surface area contributed by atoms with Crippen molar-refractivity contribution in [3.05, 3.63) is 157 Å². The smallest absolute Gasteiger partial charge is 0.269 e. The summed E-state index contributed by atoms with van der Waals surface area (Å²) in [6, 6.07) is 24.7. The first kappa shape index (κ1) is 41.2. The molecule has 1 aromatic heterocycles. The number of hydrogen-bond acceptors (Lipinski definition) is 8. The molecule has 0 radical (unpaired) electrons. The van der Waals surface area contributed by atoms with Crippen LogP contribution in [-0.4, -0.2) is 44.4 Å². The SMILES string of the molecule is [C-]#[N+]c1ccc(-c2nnc([C@H](Cc3ccc([N+]#[C-])c(Cl)c3)[C@H](C)O)o2)cc1.[C-]#[N+]c1ccc(C[C@@H](C(=O)NNC(=O)c2ccc(C#N)cc2)[C@H](C)O)cc1Cl. The fraction of sp³-hybridized carbons (Fsp3) is 0.200. The second kappa shape index (κ2) is 19.5. The molecule has 0 saturated carbocycles. The van der Waals surface area contributed by atoms with E-state index in [0.717, 1.165) is 5.56 Å². The van der Waals surface area contributed by atoms with Crippen LogP contribution in [0.3, 0.4) is 0 Å². The maximum atomic E-state index is 12.4. The number of hydrazine groups is 1. The number of hydrogen-bond donors (Lipinski definition) is 4. The van der Waals surface area contributed by atoms with Gasteiger partial charge in [-0.15, -0.1) is 10.2 Å². The molecule has 0 unspecified atom stereocenters. The van der Waals surface area contributed by atoms with Crippen LogP contribution in [0, 0.1) is 37.0 Å². The number of rotatable bonds is 10. The number of aliphatic hydroxyl groups excluding tert-OH is 2. The lowest BCUT2D eigenvalue weighted by atomic mass is 9.94. The number of nitrogens with zero attached hydrogens (tertiary/aromatic N) is 6. The molecule has 0 aliphatic rings. The minimum Gasteiger partial charge on any atom is -0.420 e. The van der Waals surface area contributed by atoms with Crippen molar-refractivity contribution in [3.63, 3.8) is 0 Å². The van der Waals surface area contributed by atoms with Crippen LogP contribution in [-0.2, 0) is 17.6 Å². The lowest BCUT2D eigenvalue weighted by Crippen LogP contribution is -2.47. The van der Waals surface area contributed by atoms with E-state index in [-0.39, 0.29) is 17.0 Å². The van der Waals surface area contributed by atoms with Gasteiger partial charge in [-0.1, -0.05) is 83.9 Å². The molecule has 4 atom stereocenters. The van der Waals surface area contributed by atoms with Crippen LogP contribution in [0.4, 0.5) is 17.1 Å². The molecule has 0 spiro atoms. The standard InChI is InChI=1S/C20H17ClN4O3.C20H15ClN4O2/c1-12(26)16(9-14-5-8-18(23-2)17(21)10-14)20(28)25-24-19(27)15-6-3-13(11-22)4-7-15;1-12(26)16(10-13-4-9-18(23-3)17(21)11-13)20-25-24-19(27-20)14-5-7-15(22-2)8-6-14/h3-8,10,12,16,26H,9H2,1H3,(H,24,27)(H,25,28);4-9,11-12,16,26H,10H2,1H3/t2*12-,16+/m00/s1. The van der Waals surface area contributed by atoms with Crippen LogP contribution in [0.15, 0.2) is 89.3 Å². The number of carbonyl (C=O) groups is 2. The highest BCUT2D eigenvalue weighted by molar-refractivity contribution is 6.33. The Balaban J connectivity index is 0.000000245. The van der Waals surface area contributed by atoms with Crippen molar-refractivity contribution in [1.29, 1.82) is 5.26 Å². The molecule has 0 aliphatic heterocycles. The number of amides is 2. The van der Waals surface area contributed by atoms with Gasteiger partial charge < -0.3 is 14.6 Å². The van der Waals surface area contributed by atoms with Gasteiger partial charge >= 0.3 is 0 Å². The first-order valence-electron chi connectivity index (χ1n) is 16.5. The predicted octanol–water partition coefficient (Wildman–Crippen LogP) is 7.96. The Morgan fingerprint density at radius 3 is 1.87 bits per heavy atom. The van der Waals surface area contributed by atoms with Gasteiger partial charge in [0.05, 0.1) is 55.4 Å².